The van der Waals surface area contributed by atoms with Crippen LogP contribution in [-0.4, -0.2) is 9.85 Å². The summed E-state index contributed by atoms with van der Waals surface area (Å²) in [5.74, 6) is 0. The summed E-state index contributed by atoms with van der Waals surface area (Å²) in [5, 5.41) is 21.4. The summed E-state index contributed by atoms with van der Waals surface area (Å²) in [6.07, 6.45) is 0. The van der Waals surface area contributed by atoms with Crippen molar-refractivity contribution in [2.75, 3.05) is 0 Å². The summed E-state index contributed by atoms with van der Waals surface area (Å²) >= 11 is -0.665. The van der Waals surface area contributed by atoms with Crippen LogP contribution in [0.15, 0.2) is 48.5 Å². The molecule has 6 nitrogen and oxygen atoms in total. The molecular formula is C12H8IN2O4-. The summed E-state index contributed by atoms with van der Waals surface area (Å²) in [6.45, 7) is 0. The SMILES string of the molecule is O=[N+]([O-])c1cccc([I-]c2cccc([N+](=O)[O-])c2)c1. The van der Waals surface area contributed by atoms with Gasteiger partial charge in [0.05, 0.1) is 0 Å². The van der Waals surface area contributed by atoms with Crippen molar-refractivity contribution in [1.29, 1.82) is 0 Å². The number of nitro groups is 2. The van der Waals surface area contributed by atoms with E-state index in [9.17, 15) is 20.2 Å². The fourth-order valence-electron chi connectivity index (χ4n) is 1.42. The van der Waals surface area contributed by atoms with Gasteiger partial charge in [-0.15, -0.1) is 0 Å². The zero-order chi connectivity index (χ0) is 13.8. The number of hydrogen-bond donors (Lipinski definition) is 0. The molecule has 98 valence electrons. The molecule has 19 heavy (non-hydrogen) atoms. The van der Waals surface area contributed by atoms with E-state index in [0.717, 1.165) is 7.14 Å². The average molecular weight is 371 g/mol. The van der Waals surface area contributed by atoms with Gasteiger partial charge in [-0.3, -0.25) is 0 Å². The molecule has 0 atom stereocenters. The van der Waals surface area contributed by atoms with Crippen LogP contribution in [0.3, 0.4) is 0 Å². The predicted molar refractivity (Wildman–Crippen MR) is 63.6 cm³/mol. The first-order valence-corrected chi connectivity index (χ1v) is 7.36. The predicted octanol–water partition coefficient (Wildman–Crippen LogP) is -0.369. The van der Waals surface area contributed by atoms with E-state index in [2.05, 4.69) is 0 Å². The van der Waals surface area contributed by atoms with Gasteiger partial charge in [0.25, 0.3) is 0 Å². The standard InChI is InChI=1S/C12H8IN2O4/c16-14(17)11-5-1-3-9(7-11)13-10-4-2-6-12(8-10)15(18)19/h1-8H/q-1. The van der Waals surface area contributed by atoms with Crippen molar-refractivity contribution in [1.82, 2.24) is 0 Å². The van der Waals surface area contributed by atoms with Gasteiger partial charge in [-0.2, -0.15) is 0 Å². The third kappa shape index (κ3) is 3.47. The summed E-state index contributed by atoms with van der Waals surface area (Å²) in [7, 11) is 0. The van der Waals surface area contributed by atoms with E-state index in [-0.39, 0.29) is 11.4 Å². The fraction of sp³-hybridized carbons (Fsp3) is 0. The number of benzene rings is 2. The maximum absolute atomic E-state index is 10.7. The van der Waals surface area contributed by atoms with Crippen molar-refractivity contribution in [3.8, 4) is 0 Å². The maximum atomic E-state index is 10.7. The molecule has 0 unspecified atom stereocenters. The Balaban J connectivity index is 2.26. The Morgan fingerprint density at radius 2 is 1.21 bits per heavy atom. The van der Waals surface area contributed by atoms with E-state index in [1.807, 2.05) is 0 Å². The molecule has 0 saturated carbocycles. The molecule has 0 amide bonds. The number of non-ortho nitro benzene ring substituents is 2. The molecule has 0 saturated heterocycles. The first-order valence-electron chi connectivity index (χ1n) is 5.20. The first-order chi connectivity index (χ1) is 9.06. The van der Waals surface area contributed by atoms with Crippen LogP contribution in [0.4, 0.5) is 11.4 Å². The van der Waals surface area contributed by atoms with Crippen LogP contribution in [-0.2, 0) is 0 Å². The Morgan fingerprint density at radius 3 is 1.58 bits per heavy atom. The minimum atomic E-state index is -0.665. The Kier molecular flexibility index (Phi) is 4.05. The third-order valence-corrected chi connectivity index (χ3v) is 4.84. The second-order valence-electron chi connectivity index (χ2n) is 3.57. The summed E-state index contributed by atoms with van der Waals surface area (Å²) in [4.78, 5) is 20.5. The summed E-state index contributed by atoms with van der Waals surface area (Å²) in [6, 6.07) is 12.8. The summed E-state index contributed by atoms with van der Waals surface area (Å²) in [5.41, 5.74) is 0.0882. The Labute approximate surface area is 118 Å². The van der Waals surface area contributed by atoms with Crippen molar-refractivity contribution in [3.63, 3.8) is 0 Å². The molecule has 0 spiro atoms. The van der Waals surface area contributed by atoms with Gasteiger partial charge in [-0.25, -0.2) is 0 Å². The molecule has 0 aliphatic heterocycles. The van der Waals surface area contributed by atoms with Crippen LogP contribution >= 0.6 is 0 Å². The Hall–Kier alpha value is -2.03. The molecule has 0 N–H and O–H groups in total. The number of hydrogen-bond acceptors (Lipinski definition) is 4. The monoisotopic (exact) mass is 371 g/mol. The molecule has 2 aromatic rings. The molecule has 2 aromatic carbocycles. The van der Waals surface area contributed by atoms with E-state index in [1.54, 1.807) is 24.3 Å². The minimum absolute atomic E-state index is 0.0441. The van der Waals surface area contributed by atoms with Crippen molar-refractivity contribution >= 4 is 11.4 Å². The molecule has 0 aliphatic carbocycles. The molecule has 0 heterocycles. The molecular weight excluding hydrogens is 363 g/mol. The zero-order valence-corrected chi connectivity index (χ0v) is 11.7. The number of nitro benzene ring substituents is 2. The Bertz CT molecular complexity index is 590. The van der Waals surface area contributed by atoms with Gasteiger partial charge in [0, 0.05) is 0 Å². The fourth-order valence-corrected chi connectivity index (χ4v) is 3.87. The van der Waals surface area contributed by atoms with Gasteiger partial charge in [-0.05, 0) is 0 Å². The molecule has 0 radical (unpaired) electrons. The van der Waals surface area contributed by atoms with Crippen molar-refractivity contribution < 1.29 is 31.1 Å². The zero-order valence-electron chi connectivity index (χ0n) is 9.52. The van der Waals surface area contributed by atoms with Crippen LogP contribution in [0.2, 0.25) is 0 Å². The molecule has 0 aliphatic rings. The van der Waals surface area contributed by atoms with Gasteiger partial charge in [0.2, 0.25) is 0 Å². The second-order valence-corrected chi connectivity index (χ2v) is 6.60. The average Bonchev–Trinajstić information content (AvgIpc) is 2.39. The van der Waals surface area contributed by atoms with Crippen LogP contribution in [0.5, 0.6) is 0 Å². The van der Waals surface area contributed by atoms with E-state index < -0.39 is 31.1 Å². The molecule has 2 rings (SSSR count). The van der Waals surface area contributed by atoms with E-state index >= 15 is 0 Å². The van der Waals surface area contributed by atoms with Gasteiger partial charge in [0.15, 0.2) is 0 Å². The van der Waals surface area contributed by atoms with Crippen LogP contribution in [0.1, 0.15) is 0 Å². The number of nitrogens with zero attached hydrogens (tertiary/aromatic N) is 2. The van der Waals surface area contributed by atoms with E-state index in [4.69, 9.17) is 0 Å². The third-order valence-electron chi connectivity index (χ3n) is 2.26. The molecule has 7 heteroatoms. The van der Waals surface area contributed by atoms with Crippen molar-refractivity contribution in [3.05, 3.63) is 75.9 Å². The normalized spacial score (nSPS) is 10.3. The Morgan fingerprint density at radius 1 is 0.789 bits per heavy atom. The number of rotatable bonds is 4. The topological polar surface area (TPSA) is 86.3 Å². The summed E-state index contributed by atoms with van der Waals surface area (Å²) < 4.78 is 1.71. The van der Waals surface area contributed by atoms with Gasteiger partial charge >= 0.3 is 118 Å². The van der Waals surface area contributed by atoms with Gasteiger partial charge < -0.3 is 0 Å². The number of halogens is 1. The molecule has 0 fully saturated rings. The van der Waals surface area contributed by atoms with Gasteiger partial charge in [-0.1, -0.05) is 0 Å². The van der Waals surface area contributed by atoms with Gasteiger partial charge in [0.1, 0.15) is 0 Å². The molecule has 0 bridgehead atoms. The second kappa shape index (κ2) is 5.74. The van der Waals surface area contributed by atoms with Crippen LogP contribution in [0, 0.1) is 27.4 Å². The first kappa shape index (κ1) is 13.4. The van der Waals surface area contributed by atoms with Crippen molar-refractivity contribution in [2.45, 2.75) is 0 Å². The van der Waals surface area contributed by atoms with Crippen LogP contribution < -0.4 is 21.2 Å². The van der Waals surface area contributed by atoms with E-state index in [1.165, 1.54) is 24.3 Å². The molecule has 0 aromatic heterocycles. The quantitative estimate of drug-likeness (QED) is 0.417. The van der Waals surface area contributed by atoms with E-state index in [0.29, 0.717) is 0 Å². The van der Waals surface area contributed by atoms with Crippen LogP contribution in [0.25, 0.3) is 0 Å². The van der Waals surface area contributed by atoms with Crippen molar-refractivity contribution in [2.24, 2.45) is 0 Å².